The van der Waals surface area contributed by atoms with Crippen LogP contribution >= 0.6 is 11.6 Å². The quantitative estimate of drug-likeness (QED) is 0.260. The summed E-state index contributed by atoms with van der Waals surface area (Å²) < 4.78 is 0. The molecule has 3 nitrogen and oxygen atoms in total. The van der Waals surface area contributed by atoms with Crippen LogP contribution in [0.15, 0.2) is 121 Å². The highest BCUT2D eigenvalue weighted by molar-refractivity contribution is 6.35. The SMILES string of the molecule is Clc1cccc2c(-c3ccc(-c4nc(-c5ccccc5)nc(-c5ccccc5)n4)cc3)cccc12. The van der Waals surface area contributed by atoms with E-state index in [0.29, 0.717) is 17.5 Å². The van der Waals surface area contributed by atoms with E-state index in [2.05, 4.69) is 42.5 Å². The summed E-state index contributed by atoms with van der Waals surface area (Å²) >= 11 is 6.43. The zero-order valence-electron chi connectivity index (χ0n) is 18.8. The summed E-state index contributed by atoms with van der Waals surface area (Å²) in [6, 6.07) is 40.6. The Kier molecular flexibility index (Phi) is 5.53. The molecule has 0 aliphatic rings. The van der Waals surface area contributed by atoms with Crippen molar-refractivity contribution in [2.75, 3.05) is 0 Å². The van der Waals surface area contributed by atoms with Crippen molar-refractivity contribution >= 4 is 22.4 Å². The lowest BCUT2D eigenvalue weighted by atomic mass is 9.97. The molecule has 0 aliphatic heterocycles. The number of aromatic nitrogens is 3. The van der Waals surface area contributed by atoms with Crippen molar-refractivity contribution in [2.45, 2.75) is 0 Å². The molecule has 5 aromatic carbocycles. The average Bonchev–Trinajstić information content (AvgIpc) is 2.94. The fourth-order valence-corrected chi connectivity index (χ4v) is 4.50. The van der Waals surface area contributed by atoms with Crippen LogP contribution in [0.4, 0.5) is 0 Å². The van der Waals surface area contributed by atoms with Crippen molar-refractivity contribution in [3.63, 3.8) is 0 Å². The van der Waals surface area contributed by atoms with E-state index in [-0.39, 0.29) is 0 Å². The predicted octanol–water partition coefficient (Wildman–Crippen LogP) is 8.35. The van der Waals surface area contributed by atoms with Gasteiger partial charge in [0.2, 0.25) is 0 Å². The first-order chi connectivity index (χ1) is 17.3. The van der Waals surface area contributed by atoms with Crippen molar-refractivity contribution in [3.8, 4) is 45.3 Å². The Morgan fingerprint density at radius 2 is 0.829 bits per heavy atom. The van der Waals surface area contributed by atoms with Crippen molar-refractivity contribution in [2.24, 2.45) is 0 Å². The standard InChI is InChI=1S/C31H20ClN3/c32-28-16-8-14-26-25(13-7-15-27(26)28)21-17-19-24(20-18-21)31-34-29(22-9-3-1-4-10-22)33-30(35-31)23-11-5-2-6-12-23/h1-20H. The lowest BCUT2D eigenvalue weighted by molar-refractivity contribution is 1.07. The molecule has 1 aromatic heterocycles. The van der Waals surface area contributed by atoms with Gasteiger partial charge in [0.15, 0.2) is 17.5 Å². The topological polar surface area (TPSA) is 38.7 Å². The molecule has 0 unspecified atom stereocenters. The molecule has 4 heteroatoms. The molecular formula is C31H20ClN3. The van der Waals surface area contributed by atoms with E-state index in [0.717, 1.165) is 43.6 Å². The average molecular weight is 470 g/mol. The second kappa shape index (κ2) is 9.13. The maximum Gasteiger partial charge on any atom is 0.164 e. The molecule has 6 aromatic rings. The van der Waals surface area contributed by atoms with E-state index < -0.39 is 0 Å². The second-order valence-electron chi connectivity index (χ2n) is 8.26. The zero-order valence-corrected chi connectivity index (χ0v) is 19.5. The second-order valence-corrected chi connectivity index (χ2v) is 8.66. The Hall–Kier alpha value is -4.34. The van der Waals surface area contributed by atoms with Crippen LogP contribution in [-0.2, 0) is 0 Å². The number of nitrogens with zero attached hydrogens (tertiary/aromatic N) is 3. The summed E-state index contributed by atoms with van der Waals surface area (Å²) in [4.78, 5) is 14.4. The van der Waals surface area contributed by atoms with Gasteiger partial charge >= 0.3 is 0 Å². The Balaban J connectivity index is 1.45. The van der Waals surface area contributed by atoms with E-state index in [1.165, 1.54) is 0 Å². The lowest BCUT2D eigenvalue weighted by Gasteiger charge is -2.10. The van der Waals surface area contributed by atoms with Gasteiger partial charge in [-0.05, 0) is 22.6 Å². The Bertz CT molecular complexity index is 1570. The minimum Gasteiger partial charge on any atom is -0.208 e. The largest absolute Gasteiger partial charge is 0.208 e. The van der Waals surface area contributed by atoms with Gasteiger partial charge in [-0.2, -0.15) is 0 Å². The van der Waals surface area contributed by atoms with Crippen LogP contribution in [0.3, 0.4) is 0 Å². The van der Waals surface area contributed by atoms with Crippen LogP contribution < -0.4 is 0 Å². The molecule has 0 bridgehead atoms. The third-order valence-corrected chi connectivity index (χ3v) is 6.35. The van der Waals surface area contributed by atoms with Crippen LogP contribution in [-0.4, -0.2) is 15.0 Å². The summed E-state index contributed by atoms with van der Waals surface area (Å²) in [6.45, 7) is 0. The summed E-state index contributed by atoms with van der Waals surface area (Å²) in [5.41, 5.74) is 5.10. The fourth-order valence-electron chi connectivity index (χ4n) is 4.26. The maximum atomic E-state index is 6.43. The Morgan fingerprint density at radius 1 is 0.371 bits per heavy atom. The molecule has 0 atom stereocenters. The van der Waals surface area contributed by atoms with Crippen molar-refractivity contribution in [3.05, 3.63) is 126 Å². The Labute approximate surface area is 208 Å². The van der Waals surface area contributed by atoms with E-state index >= 15 is 0 Å². The fraction of sp³-hybridized carbons (Fsp3) is 0. The van der Waals surface area contributed by atoms with Crippen LogP contribution in [0, 0.1) is 0 Å². The molecule has 1 heterocycles. The first-order valence-electron chi connectivity index (χ1n) is 11.4. The highest BCUT2D eigenvalue weighted by atomic mass is 35.5. The van der Waals surface area contributed by atoms with E-state index in [1.807, 2.05) is 78.9 Å². The summed E-state index contributed by atoms with van der Waals surface area (Å²) in [5.74, 6) is 1.95. The molecule has 0 saturated heterocycles. The summed E-state index contributed by atoms with van der Waals surface area (Å²) in [7, 11) is 0. The van der Waals surface area contributed by atoms with Gasteiger partial charge in [0.05, 0.1) is 0 Å². The van der Waals surface area contributed by atoms with Crippen LogP contribution in [0.25, 0.3) is 56.1 Å². The number of benzene rings is 5. The minimum atomic E-state index is 0.644. The molecule has 0 saturated carbocycles. The highest BCUT2D eigenvalue weighted by Gasteiger charge is 2.13. The normalized spacial score (nSPS) is 11.0. The van der Waals surface area contributed by atoms with Gasteiger partial charge in [-0.1, -0.05) is 127 Å². The molecule has 0 fully saturated rings. The molecule has 0 radical (unpaired) electrons. The number of halogens is 1. The summed E-state index contributed by atoms with van der Waals surface area (Å²) in [5, 5.41) is 2.94. The lowest BCUT2D eigenvalue weighted by Crippen LogP contribution is -2.00. The first kappa shape index (κ1) is 21.2. The monoisotopic (exact) mass is 469 g/mol. The van der Waals surface area contributed by atoms with Crippen molar-refractivity contribution in [1.29, 1.82) is 0 Å². The van der Waals surface area contributed by atoms with Crippen LogP contribution in [0.1, 0.15) is 0 Å². The maximum absolute atomic E-state index is 6.43. The van der Waals surface area contributed by atoms with Crippen LogP contribution in [0.2, 0.25) is 5.02 Å². The molecular weight excluding hydrogens is 450 g/mol. The third kappa shape index (κ3) is 4.18. The molecule has 166 valence electrons. The van der Waals surface area contributed by atoms with E-state index in [4.69, 9.17) is 26.6 Å². The Morgan fingerprint density at radius 3 is 1.40 bits per heavy atom. The molecule has 35 heavy (non-hydrogen) atoms. The van der Waals surface area contributed by atoms with Gasteiger partial charge in [0, 0.05) is 27.1 Å². The third-order valence-electron chi connectivity index (χ3n) is 6.02. The van der Waals surface area contributed by atoms with Gasteiger partial charge in [-0.15, -0.1) is 0 Å². The van der Waals surface area contributed by atoms with E-state index in [9.17, 15) is 0 Å². The number of hydrogen-bond donors (Lipinski definition) is 0. The van der Waals surface area contributed by atoms with Gasteiger partial charge < -0.3 is 0 Å². The molecule has 0 aliphatic carbocycles. The molecule has 0 spiro atoms. The molecule has 6 rings (SSSR count). The van der Waals surface area contributed by atoms with Gasteiger partial charge in [0.25, 0.3) is 0 Å². The van der Waals surface area contributed by atoms with E-state index in [1.54, 1.807) is 0 Å². The molecule has 0 N–H and O–H groups in total. The number of fused-ring (bicyclic) bond motifs is 1. The zero-order chi connectivity index (χ0) is 23.6. The highest BCUT2D eigenvalue weighted by Crippen LogP contribution is 2.33. The van der Waals surface area contributed by atoms with Crippen molar-refractivity contribution in [1.82, 2.24) is 15.0 Å². The van der Waals surface area contributed by atoms with Crippen molar-refractivity contribution < 1.29 is 0 Å². The van der Waals surface area contributed by atoms with Gasteiger partial charge in [0.1, 0.15) is 0 Å². The van der Waals surface area contributed by atoms with Gasteiger partial charge in [-0.25, -0.2) is 15.0 Å². The molecule has 0 amide bonds. The number of rotatable bonds is 4. The predicted molar refractivity (Wildman–Crippen MR) is 144 cm³/mol. The summed E-state index contributed by atoms with van der Waals surface area (Å²) in [6.07, 6.45) is 0. The van der Waals surface area contributed by atoms with Gasteiger partial charge in [-0.3, -0.25) is 0 Å². The van der Waals surface area contributed by atoms with Crippen LogP contribution in [0.5, 0.6) is 0 Å². The minimum absolute atomic E-state index is 0.644. The smallest absolute Gasteiger partial charge is 0.164 e. The first-order valence-corrected chi connectivity index (χ1v) is 11.8. The number of hydrogen-bond acceptors (Lipinski definition) is 3.